The zero-order valence-electron chi connectivity index (χ0n) is 18.2. The Hall–Kier alpha value is -2.88. The number of hydrogen-bond acceptors (Lipinski definition) is 3. The first-order valence-electron chi connectivity index (χ1n) is 10.1. The molecule has 1 aromatic heterocycles. The highest BCUT2D eigenvalue weighted by atomic mass is 16.5. The van der Waals surface area contributed by atoms with Crippen LogP contribution in [0.25, 0.3) is 16.7 Å². The van der Waals surface area contributed by atoms with Crippen LogP contribution in [0.15, 0.2) is 48.2 Å². The highest BCUT2D eigenvalue weighted by Gasteiger charge is 2.16. The lowest BCUT2D eigenvalue weighted by Gasteiger charge is -2.19. The zero-order chi connectivity index (χ0) is 21.6. The molecule has 154 valence electrons. The van der Waals surface area contributed by atoms with E-state index in [1.807, 2.05) is 26.0 Å². The molecular formula is C25H31NO3. The summed E-state index contributed by atoms with van der Waals surface area (Å²) in [6.07, 6.45) is 8.10. The van der Waals surface area contributed by atoms with E-state index in [9.17, 15) is 9.90 Å². The molecule has 0 aliphatic rings. The van der Waals surface area contributed by atoms with Crippen LogP contribution in [0, 0.1) is 12.8 Å². The van der Waals surface area contributed by atoms with E-state index in [0.29, 0.717) is 5.92 Å². The molecule has 0 aliphatic carbocycles. The van der Waals surface area contributed by atoms with Gasteiger partial charge in [0.1, 0.15) is 11.4 Å². The highest BCUT2D eigenvalue weighted by Crippen LogP contribution is 2.36. The maximum Gasteiger partial charge on any atom is 0.354 e. The lowest BCUT2D eigenvalue weighted by molar-refractivity contribution is 0.0690. The van der Waals surface area contributed by atoms with Gasteiger partial charge in [-0.25, -0.2) is 9.78 Å². The fraction of sp³-hybridized carbons (Fsp3) is 0.360. The summed E-state index contributed by atoms with van der Waals surface area (Å²) < 4.78 is 5.67. The average molecular weight is 394 g/mol. The van der Waals surface area contributed by atoms with Crippen LogP contribution in [-0.2, 0) is 0 Å². The number of allylic oxidation sites excluding steroid dienone is 4. The van der Waals surface area contributed by atoms with Crippen LogP contribution in [0.3, 0.4) is 0 Å². The number of methoxy groups -OCH3 is 1. The van der Waals surface area contributed by atoms with Gasteiger partial charge in [-0.2, -0.15) is 0 Å². The molecule has 4 nitrogen and oxygen atoms in total. The van der Waals surface area contributed by atoms with Crippen molar-refractivity contribution in [3.05, 3.63) is 65.0 Å². The summed E-state index contributed by atoms with van der Waals surface area (Å²) in [5.74, 6) is 0.268. The Bertz CT molecular complexity index is 941. The van der Waals surface area contributed by atoms with Gasteiger partial charge in [0.05, 0.1) is 7.11 Å². The minimum atomic E-state index is -1.02. The van der Waals surface area contributed by atoms with Crippen molar-refractivity contribution in [2.24, 2.45) is 5.92 Å². The lowest BCUT2D eigenvalue weighted by atomic mass is 9.88. The third kappa shape index (κ3) is 5.14. The summed E-state index contributed by atoms with van der Waals surface area (Å²) >= 11 is 0. The molecule has 0 saturated heterocycles. The second-order valence-electron chi connectivity index (χ2n) is 7.39. The Morgan fingerprint density at radius 1 is 1.31 bits per heavy atom. The van der Waals surface area contributed by atoms with Gasteiger partial charge in [0.15, 0.2) is 0 Å². The van der Waals surface area contributed by atoms with Crippen LogP contribution in [-0.4, -0.2) is 23.2 Å². The van der Waals surface area contributed by atoms with E-state index in [0.717, 1.165) is 40.8 Å². The number of carbonyl (C=O) groups is 1. The lowest BCUT2D eigenvalue weighted by Crippen LogP contribution is -2.02. The molecular weight excluding hydrogens is 362 g/mol. The van der Waals surface area contributed by atoms with E-state index in [1.54, 1.807) is 19.4 Å². The van der Waals surface area contributed by atoms with E-state index in [4.69, 9.17) is 4.74 Å². The minimum absolute atomic E-state index is 0.0544. The van der Waals surface area contributed by atoms with Crippen molar-refractivity contribution in [3.63, 3.8) is 0 Å². The molecule has 29 heavy (non-hydrogen) atoms. The van der Waals surface area contributed by atoms with Gasteiger partial charge >= 0.3 is 5.97 Å². The van der Waals surface area contributed by atoms with Crippen molar-refractivity contribution >= 4 is 11.5 Å². The maximum absolute atomic E-state index is 11.2. The zero-order valence-corrected chi connectivity index (χ0v) is 18.2. The number of pyridine rings is 1. The number of carboxylic acids is 1. The van der Waals surface area contributed by atoms with Crippen molar-refractivity contribution in [3.8, 4) is 16.9 Å². The molecule has 1 heterocycles. The molecule has 0 spiro atoms. The second-order valence-corrected chi connectivity index (χ2v) is 7.39. The number of hydrogen-bond donors (Lipinski definition) is 1. The Labute approximate surface area is 174 Å². The monoisotopic (exact) mass is 393 g/mol. The fourth-order valence-electron chi connectivity index (χ4n) is 3.58. The summed E-state index contributed by atoms with van der Waals surface area (Å²) in [6, 6.07) is 7.68. The van der Waals surface area contributed by atoms with Crippen molar-refractivity contribution < 1.29 is 14.6 Å². The van der Waals surface area contributed by atoms with Gasteiger partial charge < -0.3 is 9.84 Å². The summed E-state index contributed by atoms with van der Waals surface area (Å²) in [4.78, 5) is 15.3. The van der Waals surface area contributed by atoms with E-state index < -0.39 is 5.97 Å². The summed E-state index contributed by atoms with van der Waals surface area (Å²) in [7, 11) is 1.69. The summed E-state index contributed by atoms with van der Waals surface area (Å²) in [5.41, 5.74) is 6.36. The number of nitrogens with zero attached hydrogens (tertiary/aromatic N) is 1. The smallest absolute Gasteiger partial charge is 0.354 e. The largest absolute Gasteiger partial charge is 0.496 e. The molecule has 2 aromatic rings. The van der Waals surface area contributed by atoms with Gasteiger partial charge in [-0.1, -0.05) is 44.1 Å². The third-order valence-electron chi connectivity index (χ3n) is 5.35. The normalized spacial score (nSPS) is 13.3. The molecule has 1 unspecified atom stereocenters. The highest BCUT2D eigenvalue weighted by molar-refractivity contribution is 5.87. The number of aryl methyl sites for hydroxylation is 1. The number of aromatic carboxylic acids is 1. The maximum atomic E-state index is 11.2. The van der Waals surface area contributed by atoms with Crippen LogP contribution in [0.5, 0.6) is 5.75 Å². The summed E-state index contributed by atoms with van der Waals surface area (Å²) in [6.45, 7) is 10.6. The van der Waals surface area contributed by atoms with Crippen molar-refractivity contribution in [2.75, 3.05) is 7.11 Å². The molecule has 0 bridgehead atoms. The fourth-order valence-corrected chi connectivity index (χ4v) is 3.58. The van der Waals surface area contributed by atoms with Crippen LogP contribution in [0.1, 0.15) is 62.2 Å². The second kappa shape index (κ2) is 10.1. The van der Waals surface area contributed by atoms with Gasteiger partial charge in [0.25, 0.3) is 0 Å². The third-order valence-corrected chi connectivity index (χ3v) is 5.35. The first kappa shape index (κ1) is 22.4. The SMILES string of the molecule is CC=CC(=C(C)C(C)CCC)c1cc(-c2cnc(C(=O)O)cc2C)ccc1OC. The van der Waals surface area contributed by atoms with E-state index in [1.165, 1.54) is 11.1 Å². The Balaban J connectivity index is 2.66. The minimum Gasteiger partial charge on any atom is -0.496 e. The van der Waals surface area contributed by atoms with Gasteiger partial charge in [-0.3, -0.25) is 0 Å². The van der Waals surface area contributed by atoms with Crippen molar-refractivity contribution in [1.82, 2.24) is 4.98 Å². The molecule has 0 fully saturated rings. The number of aromatic nitrogens is 1. The molecule has 0 aliphatic heterocycles. The Morgan fingerprint density at radius 3 is 2.59 bits per heavy atom. The van der Waals surface area contributed by atoms with E-state index >= 15 is 0 Å². The average Bonchev–Trinajstić information content (AvgIpc) is 2.71. The molecule has 4 heteroatoms. The van der Waals surface area contributed by atoms with E-state index in [-0.39, 0.29) is 5.69 Å². The number of benzene rings is 1. The predicted molar refractivity (Wildman–Crippen MR) is 119 cm³/mol. The number of ether oxygens (including phenoxy) is 1. The standard InChI is InChI=1S/C25H31NO3/c1-7-9-16(3)18(5)20(10-8-2)21-14-19(11-12-24(21)29-6)22-15-26-23(25(27)28)13-17(22)4/h8,10-16H,7,9H2,1-6H3,(H,27,28). The first-order valence-corrected chi connectivity index (χ1v) is 10.1. The van der Waals surface area contributed by atoms with Crippen LogP contribution in [0.2, 0.25) is 0 Å². The first-order chi connectivity index (χ1) is 13.8. The molecule has 2 rings (SSSR count). The Kier molecular flexibility index (Phi) is 7.77. The molecule has 0 saturated carbocycles. The number of carboxylic acid groups (broad SMARTS) is 1. The van der Waals surface area contributed by atoms with Crippen LogP contribution >= 0.6 is 0 Å². The quantitative estimate of drug-likeness (QED) is 0.517. The van der Waals surface area contributed by atoms with Gasteiger partial charge in [-0.15, -0.1) is 0 Å². The van der Waals surface area contributed by atoms with Crippen molar-refractivity contribution in [1.29, 1.82) is 0 Å². The van der Waals surface area contributed by atoms with Gasteiger partial charge in [0.2, 0.25) is 0 Å². The van der Waals surface area contributed by atoms with Crippen molar-refractivity contribution in [2.45, 2.75) is 47.5 Å². The molecule has 1 atom stereocenters. The predicted octanol–water partition coefficient (Wildman–Crippen LogP) is 6.55. The number of rotatable bonds is 8. The van der Waals surface area contributed by atoms with Crippen LogP contribution in [0.4, 0.5) is 0 Å². The topological polar surface area (TPSA) is 59.4 Å². The molecule has 0 amide bonds. The molecule has 1 aromatic carbocycles. The molecule has 0 radical (unpaired) electrons. The van der Waals surface area contributed by atoms with Gasteiger partial charge in [0, 0.05) is 17.3 Å². The Morgan fingerprint density at radius 2 is 2.03 bits per heavy atom. The summed E-state index contributed by atoms with van der Waals surface area (Å²) in [5, 5.41) is 9.18. The van der Waals surface area contributed by atoms with E-state index in [2.05, 4.69) is 44.0 Å². The van der Waals surface area contributed by atoms with Gasteiger partial charge in [-0.05, 0) is 68.0 Å². The van der Waals surface area contributed by atoms with Crippen LogP contribution < -0.4 is 4.74 Å². The molecule has 1 N–H and O–H groups in total.